The highest BCUT2D eigenvalue weighted by Gasteiger charge is 2.21. The fourth-order valence-electron chi connectivity index (χ4n) is 10.9. The van der Waals surface area contributed by atoms with Crippen molar-refractivity contribution in [2.24, 2.45) is 0 Å². The number of para-hydroxylation sites is 4. The minimum Gasteiger partial charge on any atom is -0.310 e. The standard InChI is InChI=1S/C60H37N3/c1-2-13-40(14-3-1)62-56-23-10-9-20-50(56)55-35-39(27-34-58(55)62)38-25-28-41(29-26-38)61(42-30-32-48-46-17-5-4-15-44(46)45-16-6-7-18-47(45)54(48)36-42)43-31-33-51-53-22-12-21-52-49-19-8-11-24-57(49)63(60(52)53)59(51)37-43/h1-37H. The van der Waals surface area contributed by atoms with Crippen LogP contribution in [0.3, 0.4) is 0 Å². The number of anilines is 3. The van der Waals surface area contributed by atoms with E-state index in [9.17, 15) is 0 Å². The molecule has 0 aliphatic carbocycles. The van der Waals surface area contributed by atoms with E-state index in [0.717, 1.165) is 17.1 Å². The molecule has 14 rings (SSSR count). The van der Waals surface area contributed by atoms with E-state index in [1.807, 2.05) is 0 Å². The van der Waals surface area contributed by atoms with Crippen molar-refractivity contribution in [1.82, 2.24) is 8.97 Å². The minimum absolute atomic E-state index is 1.10. The van der Waals surface area contributed by atoms with Crippen molar-refractivity contribution in [2.45, 2.75) is 0 Å². The Morgan fingerprint density at radius 3 is 1.43 bits per heavy atom. The third kappa shape index (κ3) is 4.90. The smallest absolute Gasteiger partial charge is 0.0620 e. The van der Waals surface area contributed by atoms with Crippen LogP contribution in [-0.4, -0.2) is 8.97 Å². The molecule has 0 atom stereocenters. The summed E-state index contributed by atoms with van der Waals surface area (Å²) in [6.07, 6.45) is 0. The zero-order valence-corrected chi connectivity index (χ0v) is 34.2. The Morgan fingerprint density at radius 1 is 0.254 bits per heavy atom. The van der Waals surface area contributed by atoms with Gasteiger partial charge in [0.15, 0.2) is 0 Å². The van der Waals surface area contributed by atoms with Gasteiger partial charge in [0, 0.05) is 55.1 Å². The quantitative estimate of drug-likeness (QED) is 0.158. The first-order chi connectivity index (χ1) is 31.3. The first-order valence-electron chi connectivity index (χ1n) is 21.8. The minimum atomic E-state index is 1.10. The average Bonchev–Trinajstić information content (AvgIpc) is 4.00. The van der Waals surface area contributed by atoms with Crippen LogP contribution in [0.4, 0.5) is 17.1 Å². The summed E-state index contributed by atoms with van der Waals surface area (Å²) in [6, 6.07) is 82.8. The molecule has 3 aromatic heterocycles. The fraction of sp³-hybridized carbons (Fsp3) is 0. The van der Waals surface area contributed by atoms with Crippen LogP contribution in [-0.2, 0) is 0 Å². The molecule has 14 aromatic rings. The molecule has 0 bridgehead atoms. The van der Waals surface area contributed by atoms with Gasteiger partial charge in [0.05, 0.1) is 27.6 Å². The highest BCUT2D eigenvalue weighted by Crippen LogP contribution is 2.45. The molecule has 0 unspecified atom stereocenters. The third-order valence-electron chi connectivity index (χ3n) is 13.6. The summed E-state index contributed by atoms with van der Waals surface area (Å²) in [6.45, 7) is 0. The number of hydrogen-bond donors (Lipinski definition) is 0. The Morgan fingerprint density at radius 2 is 0.730 bits per heavy atom. The molecule has 0 aliphatic heterocycles. The molecular weight excluding hydrogens is 763 g/mol. The van der Waals surface area contributed by atoms with Crippen molar-refractivity contribution in [1.29, 1.82) is 0 Å². The van der Waals surface area contributed by atoms with E-state index in [0.29, 0.717) is 0 Å². The van der Waals surface area contributed by atoms with E-state index < -0.39 is 0 Å². The topological polar surface area (TPSA) is 12.6 Å². The van der Waals surface area contributed by atoms with Crippen LogP contribution in [0, 0.1) is 0 Å². The Bertz CT molecular complexity index is 4100. The normalized spacial score (nSPS) is 12.1. The first-order valence-corrected chi connectivity index (χ1v) is 21.8. The molecule has 0 spiro atoms. The molecule has 3 heterocycles. The van der Waals surface area contributed by atoms with Gasteiger partial charge in [-0.3, -0.25) is 0 Å². The second-order valence-corrected chi connectivity index (χ2v) is 16.9. The van der Waals surface area contributed by atoms with E-state index in [-0.39, 0.29) is 0 Å². The van der Waals surface area contributed by atoms with Gasteiger partial charge in [-0.2, -0.15) is 0 Å². The van der Waals surface area contributed by atoms with E-state index in [1.54, 1.807) is 0 Å². The van der Waals surface area contributed by atoms with Gasteiger partial charge in [0.1, 0.15) is 0 Å². The largest absolute Gasteiger partial charge is 0.310 e. The first kappa shape index (κ1) is 34.3. The Kier molecular flexibility index (Phi) is 7.11. The summed E-state index contributed by atoms with van der Waals surface area (Å²) >= 11 is 0. The van der Waals surface area contributed by atoms with Gasteiger partial charge in [-0.15, -0.1) is 0 Å². The zero-order valence-electron chi connectivity index (χ0n) is 34.2. The number of rotatable bonds is 5. The molecule has 11 aromatic carbocycles. The molecule has 0 saturated heterocycles. The molecule has 0 fully saturated rings. The SMILES string of the molecule is c1ccc(-n2c3ccccc3c3cc(-c4ccc(N(c5ccc6c7ccccc7c7ccccc7c6c5)c5ccc6c7cccc8c9ccccc9n(c6c5)c87)cc4)ccc32)cc1. The lowest BCUT2D eigenvalue weighted by Crippen LogP contribution is -2.10. The van der Waals surface area contributed by atoms with Crippen molar-refractivity contribution < 1.29 is 0 Å². The molecule has 0 radical (unpaired) electrons. The lowest BCUT2D eigenvalue weighted by atomic mass is 9.94. The molecule has 3 nitrogen and oxygen atoms in total. The molecule has 0 saturated carbocycles. The van der Waals surface area contributed by atoms with Crippen LogP contribution in [0.15, 0.2) is 224 Å². The van der Waals surface area contributed by atoms with Crippen LogP contribution in [0.2, 0.25) is 0 Å². The summed E-state index contributed by atoms with van der Waals surface area (Å²) in [5.74, 6) is 0. The van der Waals surface area contributed by atoms with Gasteiger partial charge in [-0.1, -0.05) is 152 Å². The highest BCUT2D eigenvalue weighted by molar-refractivity contribution is 6.26. The van der Waals surface area contributed by atoms with E-state index in [2.05, 4.69) is 238 Å². The maximum Gasteiger partial charge on any atom is 0.0620 e. The van der Waals surface area contributed by atoms with Crippen LogP contribution in [0.25, 0.3) is 109 Å². The number of benzene rings is 11. The summed E-state index contributed by atoms with van der Waals surface area (Å²) in [5.41, 5.74) is 13.0. The van der Waals surface area contributed by atoms with Gasteiger partial charge < -0.3 is 13.9 Å². The van der Waals surface area contributed by atoms with Crippen LogP contribution < -0.4 is 4.90 Å². The fourth-order valence-corrected chi connectivity index (χ4v) is 10.9. The van der Waals surface area contributed by atoms with Crippen LogP contribution >= 0.6 is 0 Å². The second kappa shape index (κ2) is 13.1. The Hall–Kier alpha value is -8.40. The highest BCUT2D eigenvalue weighted by atomic mass is 15.1. The Labute approximate surface area is 362 Å². The maximum atomic E-state index is 2.48. The van der Waals surface area contributed by atoms with Crippen LogP contribution in [0.5, 0.6) is 0 Å². The van der Waals surface area contributed by atoms with Gasteiger partial charge >= 0.3 is 0 Å². The number of nitrogens with zero attached hydrogens (tertiary/aromatic N) is 3. The van der Waals surface area contributed by atoms with Gasteiger partial charge in [-0.25, -0.2) is 0 Å². The maximum absolute atomic E-state index is 2.48. The van der Waals surface area contributed by atoms with Crippen molar-refractivity contribution in [3.8, 4) is 16.8 Å². The number of aromatic nitrogens is 2. The summed E-state index contributed by atoms with van der Waals surface area (Å²) in [7, 11) is 0. The Balaban J connectivity index is 0.972. The molecule has 3 heteroatoms. The monoisotopic (exact) mass is 799 g/mol. The van der Waals surface area contributed by atoms with Crippen molar-refractivity contribution in [2.75, 3.05) is 4.90 Å². The molecule has 63 heavy (non-hydrogen) atoms. The van der Waals surface area contributed by atoms with E-state index in [1.165, 1.54) is 109 Å². The van der Waals surface area contributed by atoms with Crippen LogP contribution in [0.1, 0.15) is 0 Å². The predicted molar refractivity (Wildman–Crippen MR) is 268 cm³/mol. The van der Waals surface area contributed by atoms with Crippen molar-refractivity contribution >= 4 is 109 Å². The third-order valence-corrected chi connectivity index (χ3v) is 13.6. The summed E-state index contributed by atoms with van der Waals surface area (Å²) in [4.78, 5) is 2.44. The van der Waals surface area contributed by atoms with E-state index >= 15 is 0 Å². The lowest BCUT2D eigenvalue weighted by molar-refractivity contribution is 1.18. The van der Waals surface area contributed by atoms with Gasteiger partial charge in [0.2, 0.25) is 0 Å². The molecular formula is C60H37N3. The second-order valence-electron chi connectivity index (χ2n) is 16.9. The summed E-state index contributed by atoms with van der Waals surface area (Å²) < 4.78 is 4.85. The van der Waals surface area contributed by atoms with Crippen molar-refractivity contribution in [3.63, 3.8) is 0 Å². The van der Waals surface area contributed by atoms with Gasteiger partial charge in [0.25, 0.3) is 0 Å². The molecule has 292 valence electrons. The van der Waals surface area contributed by atoms with Gasteiger partial charge in [-0.05, 0) is 116 Å². The summed E-state index contributed by atoms with van der Waals surface area (Å²) in [5, 5.41) is 15.2. The predicted octanol–water partition coefficient (Wildman–Crippen LogP) is 16.5. The number of fused-ring (bicyclic) bond motifs is 15. The van der Waals surface area contributed by atoms with E-state index in [4.69, 9.17) is 0 Å². The zero-order chi connectivity index (χ0) is 41.2. The number of hydrogen-bond acceptors (Lipinski definition) is 1. The molecule has 0 N–H and O–H groups in total. The molecule has 0 amide bonds. The average molecular weight is 800 g/mol. The molecule has 0 aliphatic rings. The lowest BCUT2D eigenvalue weighted by Gasteiger charge is -2.26. The van der Waals surface area contributed by atoms with Crippen molar-refractivity contribution in [3.05, 3.63) is 224 Å².